The van der Waals surface area contributed by atoms with Gasteiger partial charge in [0.1, 0.15) is 5.67 Å². The molecule has 0 radical (unpaired) electrons. The molecule has 2 amide bonds. The quantitative estimate of drug-likeness (QED) is 0.182. The maximum absolute atomic E-state index is 14.1. The summed E-state index contributed by atoms with van der Waals surface area (Å²) >= 11 is 1.39. The van der Waals surface area contributed by atoms with Crippen molar-refractivity contribution >= 4 is 50.2 Å². The van der Waals surface area contributed by atoms with Crippen LogP contribution in [0.1, 0.15) is 47.0 Å². The minimum atomic E-state index is -4.69. The minimum Gasteiger partial charge on any atom is -0.0536 e. The van der Waals surface area contributed by atoms with E-state index in [-0.39, 0.29) is 42.0 Å². The molecule has 3 heterocycles. The molecule has 1 aliphatic rings. The predicted octanol–water partition coefficient (Wildman–Crippen LogP) is 5.07. The van der Waals surface area contributed by atoms with Crippen molar-refractivity contribution < 1.29 is 31.6 Å². The van der Waals surface area contributed by atoms with E-state index < -0.39 is 23.3 Å². The van der Waals surface area contributed by atoms with Crippen LogP contribution in [-0.4, -0.2) is 57.3 Å². The van der Waals surface area contributed by atoms with E-state index in [0.29, 0.717) is 29.8 Å². The number of hydrogen-bond acceptors (Lipinski definition) is 4. The van der Waals surface area contributed by atoms with Gasteiger partial charge in [0.2, 0.25) is 0 Å². The zero-order valence-electron chi connectivity index (χ0n) is 22.7. The fourth-order valence-electron chi connectivity index (χ4n) is 4.76. The molecule has 1 aliphatic heterocycles. The van der Waals surface area contributed by atoms with Crippen LogP contribution in [0.15, 0.2) is 71.3 Å². The third kappa shape index (κ3) is 6.93. The smallest absolute Gasteiger partial charge is 0.0536 e. The Morgan fingerprint density at radius 3 is 2.43 bits per heavy atom. The molecule has 0 bridgehead atoms. The van der Waals surface area contributed by atoms with Crippen molar-refractivity contribution in [1.29, 1.82) is 0 Å². The van der Waals surface area contributed by atoms with Gasteiger partial charge in [-0.05, 0) is 55.2 Å². The fraction of sp³-hybridized carbons (Fsp3) is 0.258. The summed E-state index contributed by atoms with van der Waals surface area (Å²) < 4.78 is 62.7. The second-order valence-electron chi connectivity index (χ2n) is 10.5. The molecule has 2 aromatic carbocycles. The Bertz CT molecular complexity index is 1640. The molecule has 11 heteroatoms. The van der Waals surface area contributed by atoms with Gasteiger partial charge in [0.15, 0.2) is 0 Å². The summed E-state index contributed by atoms with van der Waals surface area (Å²) in [7, 11) is 0. The average Bonchev–Trinajstić information content (AvgIpc) is 3.37. The van der Waals surface area contributed by atoms with E-state index in [9.17, 15) is 27.2 Å². The normalized spacial score (nSPS) is 15.3. The third-order valence-electron chi connectivity index (χ3n) is 7.20. The Labute approximate surface area is 248 Å². The SMILES string of the molecule is CC1(F)CCN(C(=O)c2ccc(-c3cc(C(F)(F)F)c4oc(CNC(=O)C=Cc5ccc([AsH2])nc5)cc4c3)cc2)CC1. The summed E-state index contributed by atoms with van der Waals surface area (Å²) in [4.78, 5) is 30.9. The van der Waals surface area contributed by atoms with Gasteiger partial charge < -0.3 is 4.90 Å². The summed E-state index contributed by atoms with van der Waals surface area (Å²) in [6.45, 7) is 2.04. The Kier molecular flexibility index (Phi) is 8.28. The second kappa shape index (κ2) is 11.8. The molecule has 0 spiro atoms. The van der Waals surface area contributed by atoms with Crippen LogP contribution in [0.4, 0.5) is 17.6 Å². The molecule has 6 nitrogen and oxygen atoms in total. The molecule has 4 aromatic rings. The summed E-state index contributed by atoms with van der Waals surface area (Å²) in [5, 5.41) is 2.85. The molecule has 0 aliphatic carbocycles. The monoisotopic (exact) mass is 641 g/mol. The van der Waals surface area contributed by atoms with Gasteiger partial charge in [-0.3, -0.25) is 4.79 Å². The standard InChI is InChI=1S/C31H28AsF4N3O3/c1-30(33)10-12-39(13-11-30)29(41)21-6-4-20(5-7-21)22-14-23-15-24(42-28(23)25(16-22)31(34,35)36)18-38-27(40)9-3-19-2-8-26(32)37-17-19/h2-9,14-17H,10-13,18,32H2,1H3,(H,38,40). The number of carbonyl (C=O) groups is 2. The van der Waals surface area contributed by atoms with Crippen LogP contribution >= 0.6 is 0 Å². The van der Waals surface area contributed by atoms with Gasteiger partial charge in [-0.25, -0.2) is 4.39 Å². The molecule has 2 aromatic heterocycles. The zero-order chi connectivity index (χ0) is 30.1. The predicted molar refractivity (Wildman–Crippen MR) is 155 cm³/mol. The third-order valence-corrected chi connectivity index (χ3v) is 7.92. The van der Waals surface area contributed by atoms with Crippen LogP contribution in [0, 0.1) is 0 Å². The van der Waals surface area contributed by atoms with Crippen molar-refractivity contribution in [3.05, 3.63) is 89.3 Å². The first-order valence-corrected chi connectivity index (χ1v) is 14.5. The van der Waals surface area contributed by atoms with Crippen molar-refractivity contribution in [3.63, 3.8) is 0 Å². The van der Waals surface area contributed by atoms with Gasteiger partial charge in [0, 0.05) is 18.7 Å². The number of carbonyl (C=O) groups excluding carboxylic acids is 2. The average molecular weight is 641 g/mol. The zero-order valence-corrected chi connectivity index (χ0v) is 25.1. The van der Waals surface area contributed by atoms with Crippen LogP contribution in [0.3, 0.4) is 0 Å². The van der Waals surface area contributed by atoms with Crippen molar-refractivity contribution in [1.82, 2.24) is 15.2 Å². The molecule has 1 fully saturated rings. The number of hydrogen-bond donors (Lipinski definition) is 1. The summed E-state index contributed by atoms with van der Waals surface area (Å²) in [5.74, 6) is -0.508. The van der Waals surface area contributed by atoms with Gasteiger partial charge in [-0.15, -0.1) is 0 Å². The number of nitrogens with one attached hydrogen (secondary N) is 1. The first kappa shape index (κ1) is 29.6. The number of likely N-dealkylation sites (tertiary alicyclic amines) is 1. The summed E-state index contributed by atoms with van der Waals surface area (Å²) in [5.41, 5.74) is -0.642. The molecule has 218 valence electrons. The summed E-state index contributed by atoms with van der Waals surface area (Å²) in [6, 6.07) is 14.0. The molecule has 0 saturated carbocycles. The van der Waals surface area contributed by atoms with Crippen molar-refractivity contribution in [2.45, 2.75) is 38.2 Å². The van der Waals surface area contributed by atoms with Gasteiger partial charge in [-0.1, -0.05) is 12.1 Å². The number of rotatable bonds is 6. The van der Waals surface area contributed by atoms with Crippen molar-refractivity contribution in [2.75, 3.05) is 13.1 Å². The number of alkyl halides is 4. The van der Waals surface area contributed by atoms with Crippen LogP contribution in [0.5, 0.6) is 0 Å². The Hall–Kier alpha value is -3.91. The molecule has 1 atom stereocenters. The van der Waals surface area contributed by atoms with E-state index in [1.165, 1.54) is 35.9 Å². The molecular weight excluding hydrogens is 613 g/mol. The van der Waals surface area contributed by atoms with Crippen LogP contribution in [0.25, 0.3) is 28.2 Å². The molecule has 42 heavy (non-hydrogen) atoms. The Morgan fingerprint density at radius 1 is 1.07 bits per heavy atom. The number of aromatic nitrogens is 1. The first-order chi connectivity index (χ1) is 19.9. The van der Waals surface area contributed by atoms with E-state index >= 15 is 0 Å². The molecular formula is C31H28AsF4N3O3. The van der Waals surface area contributed by atoms with Crippen LogP contribution in [-0.2, 0) is 17.5 Å². The Balaban J connectivity index is 1.33. The van der Waals surface area contributed by atoms with E-state index in [0.717, 1.165) is 16.1 Å². The van der Waals surface area contributed by atoms with E-state index in [2.05, 4.69) is 10.3 Å². The fourth-order valence-corrected chi connectivity index (χ4v) is 5.11. The van der Waals surface area contributed by atoms with Crippen LogP contribution in [0.2, 0.25) is 0 Å². The molecule has 1 saturated heterocycles. The number of piperidine rings is 1. The number of amides is 2. The van der Waals surface area contributed by atoms with Crippen molar-refractivity contribution in [3.8, 4) is 11.1 Å². The van der Waals surface area contributed by atoms with Crippen LogP contribution < -0.4 is 9.80 Å². The number of fused-ring (bicyclic) bond motifs is 1. The Morgan fingerprint density at radius 2 is 1.79 bits per heavy atom. The van der Waals surface area contributed by atoms with Gasteiger partial charge in [-0.2, -0.15) is 13.2 Å². The first-order valence-electron chi connectivity index (χ1n) is 13.3. The van der Waals surface area contributed by atoms with Crippen molar-refractivity contribution in [2.24, 2.45) is 0 Å². The van der Waals surface area contributed by atoms with E-state index in [1.54, 1.807) is 47.5 Å². The number of nitrogens with zero attached hydrogens (tertiary/aromatic N) is 2. The second-order valence-corrected chi connectivity index (χ2v) is 11.7. The number of pyridine rings is 1. The topological polar surface area (TPSA) is 75.4 Å². The van der Waals surface area contributed by atoms with Gasteiger partial charge >= 0.3 is 118 Å². The number of benzene rings is 2. The molecule has 1 N–H and O–H groups in total. The van der Waals surface area contributed by atoms with E-state index in [4.69, 9.17) is 4.42 Å². The number of halogens is 4. The van der Waals surface area contributed by atoms with E-state index in [1.807, 2.05) is 12.1 Å². The summed E-state index contributed by atoms with van der Waals surface area (Å²) in [6.07, 6.45) is 0.376. The number of furan rings is 1. The molecule has 5 rings (SSSR count). The van der Waals surface area contributed by atoms with Gasteiger partial charge in [0.05, 0.1) is 5.56 Å². The molecule has 1 unspecified atom stereocenters. The maximum atomic E-state index is 14.1. The van der Waals surface area contributed by atoms with Gasteiger partial charge in [0.25, 0.3) is 5.91 Å². The minimum absolute atomic E-state index is 0.103.